The number of nitrogens with one attached hydrogen (secondary N) is 1. The van der Waals surface area contributed by atoms with E-state index < -0.39 is 0 Å². The second-order valence-electron chi connectivity index (χ2n) is 5.59. The third-order valence-electron chi connectivity index (χ3n) is 4.44. The molecule has 1 N–H and O–H groups in total. The van der Waals surface area contributed by atoms with E-state index in [1.165, 1.54) is 44.0 Å². The molecule has 94 valence electrons. The number of nitrogens with zero attached hydrogens (tertiary/aromatic N) is 1. The average molecular weight is 244 g/mol. The fourth-order valence-electron chi connectivity index (χ4n) is 3.41. The van der Waals surface area contributed by atoms with Crippen LogP contribution < -0.4 is 0 Å². The van der Waals surface area contributed by atoms with Gasteiger partial charge < -0.3 is 4.98 Å². The molecule has 0 radical (unpaired) electrons. The van der Waals surface area contributed by atoms with E-state index in [1.54, 1.807) is 6.07 Å². The van der Waals surface area contributed by atoms with E-state index in [4.69, 9.17) is 0 Å². The molecule has 0 unspecified atom stereocenters. The molecule has 1 saturated carbocycles. The van der Waals surface area contributed by atoms with E-state index in [9.17, 15) is 4.39 Å². The maximum atomic E-state index is 13.4. The van der Waals surface area contributed by atoms with Crippen molar-refractivity contribution in [3.05, 3.63) is 35.8 Å². The van der Waals surface area contributed by atoms with Crippen LogP contribution in [0.4, 0.5) is 4.39 Å². The molecule has 1 aliphatic carbocycles. The van der Waals surface area contributed by atoms with E-state index in [1.807, 2.05) is 6.07 Å². The van der Waals surface area contributed by atoms with Gasteiger partial charge in [-0.1, -0.05) is 0 Å². The minimum Gasteiger partial charge on any atom is -0.361 e. The second-order valence-corrected chi connectivity index (χ2v) is 5.59. The van der Waals surface area contributed by atoms with Crippen LogP contribution >= 0.6 is 0 Å². The normalized spacial score (nSPS) is 28.1. The Bertz CT molecular complexity index is 583. The van der Waals surface area contributed by atoms with Crippen molar-refractivity contribution in [3.8, 4) is 0 Å². The minimum absolute atomic E-state index is 0.137. The number of hydrogen-bond acceptors (Lipinski definition) is 1. The van der Waals surface area contributed by atoms with Gasteiger partial charge >= 0.3 is 0 Å². The van der Waals surface area contributed by atoms with Crippen LogP contribution in [0.25, 0.3) is 10.9 Å². The van der Waals surface area contributed by atoms with Crippen LogP contribution in [0.2, 0.25) is 0 Å². The first kappa shape index (κ1) is 10.6. The summed E-state index contributed by atoms with van der Waals surface area (Å²) in [6, 6.07) is 5.73. The van der Waals surface area contributed by atoms with Crippen LogP contribution in [-0.2, 0) is 0 Å². The largest absolute Gasteiger partial charge is 0.361 e. The third kappa shape index (κ3) is 1.57. The van der Waals surface area contributed by atoms with E-state index in [0.717, 1.165) is 10.9 Å². The molecule has 18 heavy (non-hydrogen) atoms. The molecule has 2 heterocycles. The minimum atomic E-state index is -0.137. The van der Waals surface area contributed by atoms with Gasteiger partial charge in [-0.05, 0) is 56.1 Å². The summed E-state index contributed by atoms with van der Waals surface area (Å²) in [7, 11) is 0. The molecule has 1 aromatic heterocycles. The van der Waals surface area contributed by atoms with Crippen molar-refractivity contribution in [3.63, 3.8) is 0 Å². The van der Waals surface area contributed by atoms with Gasteiger partial charge in [-0.2, -0.15) is 0 Å². The number of halogens is 1. The lowest BCUT2D eigenvalue weighted by Gasteiger charge is -2.13. The molecule has 2 atom stereocenters. The van der Waals surface area contributed by atoms with Gasteiger partial charge in [0.15, 0.2) is 0 Å². The number of fused-ring (bicyclic) bond motifs is 1. The lowest BCUT2D eigenvalue weighted by Crippen LogP contribution is -2.22. The van der Waals surface area contributed by atoms with E-state index in [2.05, 4.69) is 16.1 Å². The first-order chi connectivity index (χ1) is 8.83. The van der Waals surface area contributed by atoms with Crippen LogP contribution in [0.15, 0.2) is 24.4 Å². The monoisotopic (exact) mass is 244 g/mol. The zero-order chi connectivity index (χ0) is 12.1. The van der Waals surface area contributed by atoms with Gasteiger partial charge in [-0.3, -0.25) is 4.90 Å². The Hall–Kier alpha value is -1.35. The molecular weight excluding hydrogens is 227 g/mol. The zero-order valence-corrected chi connectivity index (χ0v) is 10.3. The van der Waals surface area contributed by atoms with Gasteiger partial charge in [0, 0.05) is 29.1 Å². The lowest BCUT2D eigenvalue weighted by molar-refractivity contribution is 0.323. The van der Waals surface area contributed by atoms with Crippen LogP contribution in [0.1, 0.15) is 30.7 Å². The molecule has 2 aromatic rings. The van der Waals surface area contributed by atoms with Gasteiger partial charge in [0.2, 0.25) is 0 Å². The summed E-state index contributed by atoms with van der Waals surface area (Å²) in [5.74, 6) is 0.473. The van der Waals surface area contributed by atoms with Crippen molar-refractivity contribution in [1.82, 2.24) is 9.88 Å². The molecule has 3 heteroatoms. The first-order valence-corrected chi connectivity index (χ1v) is 6.83. The van der Waals surface area contributed by atoms with Crippen LogP contribution in [0.5, 0.6) is 0 Å². The summed E-state index contributed by atoms with van der Waals surface area (Å²) in [5.41, 5.74) is 2.36. The van der Waals surface area contributed by atoms with Crippen molar-refractivity contribution in [2.75, 3.05) is 13.1 Å². The van der Waals surface area contributed by atoms with E-state index >= 15 is 0 Å². The highest BCUT2D eigenvalue weighted by molar-refractivity contribution is 5.84. The molecule has 1 aliphatic heterocycles. The van der Waals surface area contributed by atoms with Crippen molar-refractivity contribution < 1.29 is 4.39 Å². The molecule has 0 spiro atoms. The standard InChI is InChI=1S/C15H17FN2/c16-10-3-4-14-11(7-10)13(9-17-14)12-8-15(12)18-5-1-2-6-18/h3-4,7,9,12,15,17H,1-2,5-6,8H2/t12-,15-/m1/s1. The second kappa shape index (κ2) is 3.82. The number of likely N-dealkylation sites (tertiary alicyclic amines) is 1. The van der Waals surface area contributed by atoms with Crippen LogP contribution in [0, 0.1) is 5.82 Å². The van der Waals surface area contributed by atoms with Gasteiger partial charge in [-0.25, -0.2) is 4.39 Å². The van der Waals surface area contributed by atoms with Gasteiger partial charge in [0.05, 0.1) is 0 Å². The summed E-state index contributed by atoms with van der Waals surface area (Å²) in [5, 5.41) is 1.07. The van der Waals surface area contributed by atoms with Crippen molar-refractivity contribution in [2.24, 2.45) is 0 Å². The number of aromatic amines is 1. The van der Waals surface area contributed by atoms with Gasteiger partial charge in [0.1, 0.15) is 5.82 Å². The predicted octanol–water partition coefficient (Wildman–Crippen LogP) is 3.26. The Labute approximate surface area is 106 Å². The topological polar surface area (TPSA) is 19.0 Å². The lowest BCUT2D eigenvalue weighted by atomic mass is 10.1. The van der Waals surface area contributed by atoms with Crippen molar-refractivity contribution >= 4 is 10.9 Å². The molecule has 1 saturated heterocycles. The molecular formula is C15H17FN2. The zero-order valence-electron chi connectivity index (χ0n) is 10.3. The van der Waals surface area contributed by atoms with Crippen molar-refractivity contribution in [2.45, 2.75) is 31.2 Å². The molecule has 0 bridgehead atoms. The quantitative estimate of drug-likeness (QED) is 0.859. The van der Waals surface area contributed by atoms with Crippen LogP contribution in [0.3, 0.4) is 0 Å². The Morgan fingerprint density at radius 3 is 2.89 bits per heavy atom. The van der Waals surface area contributed by atoms with Gasteiger partial charge in [-0.15, -0.1) is 0 Å². The Balaban J connectivity index is 1.65. The Kier molecular flexibility index (Phi) is 2.24. The number of H-pyrrole nitrogens is 1. The number of rotatable bonds is 2. The molecule has 4 rings (SSSR count). The van der Waals surface area contributed by atoms with E-state index in [-0.39, 0.29) is 5.82 Å². The van der Waals surface area contributed by atoms with Crippen molar-refractivity contribution in [1.29, 1.82) is 0 Å². The number of benzene rings is 1. The summed E-state index contributed by atoms with van der Waals surface area (Å²) in [6.07, 6.45) is 5.99. The Morgan fingerprint density at radius 1 is 1.22 bits per heavy atom. The molecule has 0 amide bonds. The highest BCUT2D eigenvalue weighted by atomic mass is 19.1. The highest BCUT2D eigenvalue weighted by Crippen LogP contribution is 2.47. The first-order valence-electron chi connectivity index (χ1n) is 6.83. The maximum Gasteiger partial charge on any atom is 0.123 e. The Morgan fingerprint density at radius 2 is 2.06 bits per heavy atom. The third-order valence-corrected chi connectivity index (χ3v) is 4.44. The summed E-state index contributed by atoms with van der Waals surface area (Å²) in [4.78, 5) is 5.86. The fourth-order valence-corrected chi connectivity index (χ4v) is 3.41. The predicted molar refractivity (Wildman–Crippen MR) is 70.2 cm³/mol. The smallest absolute Gasteiger partial charge is 0.123 e. The SMILES string of the molecule is Fc1ccc2[nH]cc([C@H]3C[C@H]3N3CCCC3)c2c1. The molecule has 2 nitrogen and oxygen atoms in total. The number of aromatic nitrogens is 1. The van der Waals surface area contributed by atoms with E-state index in [0.29, 0.717) is 12.0 Å². The van der Waals surface area contributed by atoms with Gasteiger partial charge in [0.25, 0.3) is 0 Å². The average Bonchev–Trinajstić information content (AvgIpc) is 2.83. The van der Waals surface area contributed by atoms with Crippen LogP contribution in [-0.4, -0.2) is 29.0 Å². The fraction of sp³-hybridized carbons (Fsp3) is 0.467. The summed E-state index contributed by atoms with van der Waals surface area (Å²) >= 11 is 0. The summed E-state index contributed by atoms with van der Waals surface area (Å²) < 4.78 is 13.4. The number of hydrogen-bond donors (Lipinski definition) is 1. The highest BCUT2D eigenvalue weighted by Gasteiger charge is 2.44. The summed E-state index contributed by atoms with van der Waals surface area (Å²) in [6.45, 7) is 2.50. The maximum absolute atomic E-state index is 13.4. The molecule has 2 aliphatic rings. The molecule has 2 fully saturated rings. The molecule has 1 aromatic carbocycles.